The number of likely N-dealkylation sites (tertiary alicyclic amines) is 1. The number of carbonyl (C=O) groups is 2. The Kier molecular flexibility index (Phi) is 6.05. The topological polar surface area (TPSA) is 49.4 Å². The zero-order valence-corrected chi connectivity index (χ0v) is 15.3. The van der Waals surface area contributed by atoms with Gasteiger partial charge in [0.1, 0.15) is 0 Å². The van der Waals surface area contributed by atoms with Crippen LogP contribution in [0.3, 0.4) is 0 Å². The second kappa shape index (κ2) is 8.65. The summed E-state index contributed by atoms with van der Waals surface area (Å²) in [5.41, 5.74) is 3.39. The lowest BCUT2D eigenvalue weighted by atomic mass is 10.0. The van der Waals surface area contributed by atoms with Crippen LogP contribution in [0, 0.1) is 0 Å². The van der Waals surface area contributed by atoms with Gasteiger partial charge >= 0.3 is 0 Å². The molecule has 0 saturated carbocycles. The van der Waals surface area contributed by atoms with Gasteiger partial charge in [-0.3, -0.25) is 9.59 Å². The van der Waals surface area contributed by atoms with Gasteiger partial charge in [0, 0.05) is 13.0 Å². The van der Waals surface area contributed by atoms with Crippen LogP contribution in [-0.4, -0.2) is 29.8 Å². The van der Waals surface area contributed by atoms with Gasteiger partial charge in [-0.2, -0.15) is 0 Å². The first-order valence-electron chi connectivity index (χ1n) is 9.36. The van der Waals surface area contributed by atoms with E-state index in [9.17, 15) is 9.59 Å². The molecule has 0 aromatic heterocycles. The highest BCUT2D eigenvalue weighted by Crippen LogP contribution is 2.21. The fourth-order valence-electron chi connectivity index (χ4n) is 3.34. The smallest absolute Gasteiger partial charge is 0.240 e. The van der Waals surface area contributed by atoms with Crippen molar-refractivity contribution in [2.45, 2.75) is 38.6 Å². The van der Waals surface area contributed by atoms with Gasteiger partial charge in [-0.05, 0) is 36.5 Å². The van der Waals surface area contributed by atoms with Gasteiger partial charge in [0.25, 0.3) is 0 Å². The van der Waals surface area contributed by atoms with E-state index in [0.29, 0.717) is 13.0 Å². The number of carbonyl (C=O) groups excluding carboxylic acids is 2. The second-order valence-electron chi connectivity index (χ2n) is 6.90. The largest absolute Gasteiger partial charge is 0.348 e. The molecule has 1 aliphatic heterocycles. The molecule has 0 spiro atoms. The molecule has 1 aliphatic rings. The van der Waals surface area contributed by atoms with Crippen LogP contribution in [0.15, 0.2) is 54.6 Å². The van der Waals surface area contributed by atoms with Crippen LogP contribution < -0.4 is 5.32 Å². The Balaban J connectivity index is 1.58. The zero-order valence-electron chi connectivity index (χ0n) is 15.3. The van der Waals surface area contributed by atoms with E-state index in [1.54, 1.807) is 4.90 Å². The molecule has 1 N–H and O–H groups in total. The molecule has 26 heavy (non-hydrogen) atoms. The minimum Gasteiger partial charge on any atom is -0.348 e. The molecule has 0 radical (unpaired) electrons. The number of rotatable bonds is 5. The fraction of sp³-hybridized carbons (Fsp3) is 0.364. The Morgan fingerprint density at radius 1 is 1.00 bits per heavy atom. The summed E-state index contributed by atoms with van der Waals surface area (Å²) in [6.07, 6.45) is 3.54. The van der Waals surface area contributed by atoms with Crippen molar-refractivity contribution in [1.82, 2.24) is 10.2 Å². The minimum atomic E-state index is -0.0973. The monoisotopic (exact) mass is 350 g/mol. The van der Waals surface area contributed by atoms with E-state index >= 15 is 0 Å². The molecule has 0 unspecified atom stereocenters. The molecule has 2 aromatic carbocycles. The Morgan fingerprint density at radius 3 is 2.42 bits per heavy atom. The minimum absolute atomic E-state index is 0.0885. The van der Waals surface area contributed by atoms with Crippen molar-refractivity contribution >= 4 is 11.8 Å². The average molecular weight is 350 g/mol. The molecule has 1 fully saturated rings. The Morgan fingerprint density at radius 2 is 1.69 bits per heavy atom. The average Bonchev–Trinajstić information content (AvgIpc) is 2.87. The molecular formula is C22H26N2O2. The highest BCUT2D eigenvalue weighted by Gasteiger charge is 2.20. The molecule has 3 rings (SSSR count). The van der Waals surface area contributed by atoms with Gasteiger partial charge in [-0.15, -0.1) is 0 Å². The number of hydrogen-bond acceptors (Lipinski definition) is 2. The summed E-state index contributed by atoms with van der Waals surface area (Å²) in [5, 5.41) is 3.01. The molecule has 136 valence electrons. The van der Waals surface area contributed by atoms with Crippen LogP contribution in [0.25, 0.3) is 11.1 Å². The van der Waals surface area contributed by atoms with Gasteiger partial charge in [-0.25, -0.2) is 0 Å². The van der Waals surface area contributed by atoms with Crippen molar-refractivity contribution in [2.75, 3.05) is 13.1 Å². The van der Waals surface area contributed by atoms with Crippen LogP contribution in [0.5, 0.6) is 0 Å². The SMILES string of the molecule is C[C@@H](NC(=O)CN1CCCCCC1=O)c1ccc(-c2ccccc2)cc1. The number of amides is 2. The summed E-state index contributed by atoms with van der Waals surface area (Å²) < 4.78 is 0. The van der Waals surface area contributed by atoms with Crippen LogP contribution in [-0.2, 0) is 9.59 Å². The quantitative estimate of drug-likeness (QED) is 0.888. The summed E-state index contributed by atoms with van der Waals surface area (Å²) in [5.74, 6) is -0.00240. The van der Waals surface area contributed by atoms with E-state index in [0.717, 1.165) is 30.4 Å². The summed E-state index contributed by atoms with van der Waals surface area (Å²) in [4.78, 5) is 26.0. The number of benzene rings is 2. The molecule has 2 aromatic rings. The van der Waals surface area contributed by atoms with E-state index < -0.39 is 0 Å². The van der Waals surface area contributed by atoms with Crippen molar-refractivity contribution in [3.63, 3.8) is 0 Å². The van der Waals surface area contributed by atoms with Crippen molar-refractivity contribution in [3.8, 4) is 11.1 Å². The molecular weight excluding hydrogens is 324 g/mol. The Labute approximate surface area is 155 Å². The van der Waals surface area contributed by atoms with E-state index in [2.05, 4.69) is 29.6 Å². The number of nitrogens with one attached hydrogen (secondary N) is 1. The summed E-state index contributed by atoms with van der Waals surface area (Å²) in [7, 11) is 0. The predicted molar refractivity (Wildman–Crippen MR) is 103 cm³/mol. The lowest BCUT2D eigenvalue weighted by Crippen LogP contribution is -2.41. The molecule has 4 nitrogen and oxygen atoms in total. The van der Waals surface area contributed by atoms with E-state index in [4.69, 9.17) is 0 Å². The lowest BCUT2D eigenvalue weighted by molar-refractivity contribution is -0.135. The highest BCUT2D eigenvalue weighted by atomic mass is 16.2. The van der Waals surface area contributed by atoms with Gasteiger partial charge < -0.3 is 10.2 Å². The third-order valence-corrected chi connectivity index (χ3v) is 4.90. The van der Waals surface area contributed by atoms with Crippen molar-refractivity contribution in [3.05, 3.63) is 60.2 Å². The molecule has 2 amide bonds. The predicted octanol–water partition coefficient (Wildman–Crippen LogP) is 3.93. The highest BCUT2D eigenvalue weighted by molar-refractivity contribution is 5.85. The normalized spacial score (nSPS) is 16.0. The summed E-state index contributed by atoms with van der Waals surface area (Å²) in [6.45, 7) is 2.82. The summed E-state index contributed by atoms with van der Waals surface area (Å²) in [6, 6.07) is 18.4. The van der Waals surface area contributed by atoms with Crippen LogP contribution >= 0.6 is 0 Å². The standard InChI is InChI=1S/C22H26N2O2/c1-17(23-21(25)16-24-15-7-3-6-10-22(24)26)18-11-13-20(14-12-18)19-8-4-2-5-9-19/h2,4-5,8-9,11-14,17H,3,6-7,10,15-16H2,1H3,(H,23,25)/t17-/m1/s1. The first-order valence-corrected chi connectivity index (χ1v) is 9.36. The number of hydrogen-bond donors (Lipinski definition) is 1. The lowest BCUT2D eigenvalue weighted by Gasteiger charge is -2.22. The maximum atomic E-state index is 12.3. The van der Waals surface area contributed by atoms with E-state index in [-0.39, 0.29) is 24.4 Å². The van der Waals surface area contributed by atoms with Gasteiger partial charge in [0.15, 0.2) is 0 Å². The zero-order chi connectivity index (χ0) is 18.4. The molecule has 0 aliphatic carbocycles. The molecule has 1 atom stereocenters. The molecule has 1 heterocycles. The van der Waals surface area contributed by atoms with Crippen LogP contribution in [0.4, 0.5) is 0 Å². The van der Waals surface area contributed by atoms with E-state index in [1.165, 1.54) is 5.56 Å². The maximum Gasteiger partial charge on any atom is 0.240 e. The first-order chi connectivity index (χ1) is 12.6. The molecule has 0 bridgehead atoms. The van der Waals surface area contributed by atoms with Crippen LogP contribution in [0.1, 0.15) is 44.2 Å². The summed E-state index contributed by atoms with van der Waals surface area (Å²) >= 11 is 0. The third kappa shape index (κ3) is 4.72. The fourth-order valence-corrected chi connectivity index (χ4v) is 3.34. The third-order valence-electron chi connectivity index (χ3n) is 4.90. The number of nitrogens with zero attached hydrogens (tertiary/aromatic N) is 1. The second-order valence-corrected chi connectivity index (χ2v) is 6.90. The van der Waals surface area contributed by atoms with Gasteiger partial charge in [0.2, 0.25) is 11.8 Å². The van der Waals surface area contributed by atoms with Crippen molar-refractivity contribution in [1.29, 1.82) is 0 Å². The maximum absolute atomic E-state index is 12.3. The van der Waals surface area contributed by atoms with Gasteiger partial charge in [0.05, 0.1) is 12.6 Å². The van der Waals surface area contributed by atoms with Crippen molar-refractivity contribution < 1.29 is 9.59 Å². The van der Waals surface area contributed by atoms with Crippen molar-refractivity contribution in [2.24, 2.45) is 0 Å². The molecule has 4 heteroatoms. The Bertz CT molecular complexity index is 740. The Hall–Kier alpha value is -2.62. The first kappa shape index (κ1) is 18.2. The molecule has 1 saturated heterocycles. The van der Waals surface area contributed by atoms with E-state index in [1.807, 2.05) is 37.3 Å². The van der Waals surface area contributed by atoms with Crippen LogP contribution in [0.2, 0.25) is 0 Å². The van der Waals surface area contributed by atoms with Gasteiger partial charge in [-0.1, -0.05) is 61.0 Å².